The van der Waals surface area contributed by atoms with E-state index in [1.54, 1.807) is 6.20 Å². The molecule has 0 fully saturated rings. The van der Waals surface area contributed by atoms with E-state index in [-0.39, 0.29) is 0 Å². The quantitative estimate of drug-likeness (QED) is 0.875. The highest BCUT2D eigenvalue weighted by Gasteiger charge is 2.07. The highest BCUT2D eigenvalue weighted by Crippen LogP contribution is 2.29. The van der Waals surface area contributed by atoms with Crippen LogP contribution in [0.5, 0.6) is 5.75 Å². The first kappa shape index (κ1) is 11.7. The highest BCUT2D eigenvalue weighted by molar-refractivity contribution is 5.95. The number of hydrogen-bond acceptors (Lipinski definition) is 3. The van der Waals surface area contributed by atoms with Crippen LogP contribution in [0.4, 0.5) is 5.69 Å². The van der Waals surface area contributed by atoms with E-state index >= 15 is 0 Å². The topological polar surface area (TPSA) is 34.1 Å². The van der Waals surface area contributed by atoms with Crippen LogP contribution in [0.15, 0.2) is 30.5 Å². The van der Waals surface area contributed by atoms with E-state index in [2.05, 4.69) is 30.2 Å². The molecule has 1 aromatic heterocycles. The fraction of sp³-hybridized carbons (Fsp3) is 0.357. The molecule has 0 unspecified atom stereocenters. The van der Waals surface area contributed by atoms with Crippen molar-refractivity contribution in [2.24, 2.45) is 5.92 Å². The lowest BCUT2D eigenvalue weighted by atomic mass is 10.1. The summed E-state index contributed by atoms with van der Waals surface area (Å²) in [6.45, 7) is 4.99. The SMILES string of the molecule is CNc1ccc(OCC(C)C)c2ncccc12. The zero-order valence-corrected chi connectivity index (χ0v) is 10.5. The largest absolute Gasteiger partial charge is 0.491 e. The monoisotopic (exact) mass is 230 g/mol. The lowest BCUT2D eigenvalue weighted by Gasteiger charge is -2.12. The van der Waals surface area contributed by atoms with Gasteiger partial charge < -0.3 is 10.1 Å². The van der Waals surface area contributed by atoms with E-state index in [1.807, 2.05) is 25.2 Å². The van der Waals surface area contributed by atoms with Crippen LogP contribution in [0.2, 0.25) is 0 Å². The van der Waals surface area contributed by atoms with Gasteiger partial charge in [0.25, 0.3) is 0 Å². The molecule has 0 aliphatic carbocycles. The second-order valence-corrected chi connectivity index (χ2v) is 4.47. The van der Waals surface area contributed by atoms with Gasteiger partial charge in [0.15, 0.2) is 0 Å². The molecule has 1 N–H and O–H groups in total. The van der Waals surface area contributed by atoms with Gasteiger partial charge in [-0.2, -0.15) is 0 Å². The second kappa shape index (κ2) is 5.04. The van der Waals surface area contributed by atoms with Crippen molar-refractivity contribution in [2.45, 2.75) is 13.8 Å². The summed E-state index contributed by atoms with van der Waals surface area (Å²) in [5.41, 5.74) is 1.99. The molecule has 2 aromatic rings. The summed E-state index contributed by atoms with van der Waals surface area (Å²) in [5.74, 6) is 1.37. The van der Waals surface area contributed by atoms with Gasteiger partial charge in [-0.3, -0.25) is 4.98 Å². The predicted molar refractivity (Wildman–Crippen MR) is 71.6 cm³/mol. The van der Waals surface area contributed by atoms with Crippen LogP contribution in [0, 0.1) is 5.92 Å². The maximum absolute atomic E-state index is 5.79. The standard InChI is InChI=1S/C14H18N2O/c1-10(2)9-17-13-7-6-12(15-3)11-5-4-8-16-14(11)13/h4-8,10,15H,9H2,1-3H3. The molecular formula is C14H18N2O. The van der Waals surface area contributed by atoms with Crippen LogP contribution >= 0.6 is 0 Å². The molecule has 0 saturated heterocycles. The van der Waals surface area contributed by atoms with Crippen molar-refractivity contribution in [1.29, 1.82) is 0 Å². The van der Waals surface area contributed by atoms with Crippen LogP contribution < -0.4 is 10.1 Å². The summed E-state index contributed by atoms with van der Waals surface area (Å²) < 4.78 is 5.79. The fourth-order valence-corrected chi connectivity index (χ4v) is 1.74. The normalized spacial score (nSPS) is 10.8. The number of fused-ring (bicyclic) bond motifs is 1. The number of nitrogens with zero attached hydrogens (tertiary/aromatic N) is 1. The van der Waals surface area contributed by atoms with E-state index in [0.717, 1.165) is 22.3 Å². The highest BCUT2D eigenvalue weighted by atomic mass is 16.5. The summed E-state index contributed by atoms with van der Waals surface area (Å²) in [6.07, 6.45) is 1.80. The Morgan fingerprint density at radius 3 is 2.82 bits per heavy atom. The zero-order valence-electron chi connectivity index (χ0n) is 10.5. The number of aromatic nitrogens is 1. The average molecular weight is 230 g/mol. The first-order chi connectivity index (χ1) is 8.22. The predicted octanol–water partition coefficient (Wildman–Crippen LogP) is 3.31. The Morgan fingerprint density at radius 1 is 1.29 bits per heavy atom. The van der Waals surface area contributed by atoms with Gasteiger partial charge in [-0.25, -0.2) is 0 Å². The van der Waals surface area contributed by atoms with Gasteiger partial charge in [-0.05, 0) is 30.2 Å². The van der Waals surface area contributed by atoms with Gasteiger partial charge in [0.1, 0.15) is 11.3 Å². The third-order valence-electron chi connectivity index (χ3n) is 2.57. The number of pyridine rings is 1. The molecule has 0 spiro atoms. The summed E-state index contributed by atoms with van der Waals surface area (Å²) in [6, 6.07) is 8.00. The molecule has 0 aliphatic rings. The molecule has 90 valence electrons. The van der Waals surface area contributed by atoms with Gasteiger partial charge in [-0.15, -0.1) is 0 Å². The molecule has 0 saturated carbocycles. The van der Waals surface area contributed by atoms with Crippen molar-refractivity contribution in [3.63, 3.8) is 0 Å². The molecule has 1 aromatic carbocycles. The Bertz CT molecular complexity index is 509. The van der Waals surface area contributed by atoms with Crippen LogP contribution in [0.3, 0.4) is 0 Å². The van der Waals surface area contributed by atoms with E-state index in [9.17, 15) is 0 Å². The molecule has 0 radical (unpaired) electrons. The number of benzene rings is 1. The summed E-state index contributed by atoms with van der Waals surface area (Å²) >= 11 is 0. The Hall–Kier alpha value is -1.77. The van der Waals surface area contributed by atoms with Gasteiger partial charge >= 0.3 is 0 Å². The van der Waals surface area contributed by atoms with Crippen LogP contribution in [0.1, 0.15) is 13.8 Å². The number of ether oxygens (including phenoxy) is 1. The maximum atomic E-state index is 5.79. The average Bonchev–Trinajstić information content (AvgIpc) is 2.35. The molecule has 0 atom stereocenters. The van der Waals surface area contributed by atoms with Gasteiger partial charge in [0.2, 0.25) is 0 Å². The van der Waals surface area contributed by atoms with Crippen LogP contribution in [0.25, 0.3) is 10.9 Å². The minimum atomic E-state index is 0.512. The zero-order chi connectivity index (χ0) is 12.3. The summed E-state index contributed by atoms with van der Waals surface area (Å²) in [7, 11) is 1.91. The number of hydrogen-bond donors (Lipinski definition) is 1. The van der Waals surface area contributed by atoms with Crippen molar-refractivity contribution >= 4 is 16.6 Å². The van der Waals surface area contributed by atoms with E-state index in [1.165, 1.54) is 0 Å². The Labute approximate surface area is 102 Å². The van der Waals surface area contributed by atoms with E-state index < -0.39 is 0 Å². The minimum absolute atomic E-state index is 0.512. The number of nitrogens with one attached hydrogen (secondary N) is 1. The van der Waals surface area contributed by atoms with Crippen molar-refractivity contribution in [2.75, 3.05) is 19.0 Å². The van der Waals surface area contributed by atoms with E-state index in [4.69, 9.17) is 4.74 Å². The first-order valence-electron chi connectivity index (χ1n) is 5.90. The Morgan fingerprint density at radius 2 is 2.12 bits per heavy atom. The summed E-state index contributed by atoms with van der Waals surface area (Å²) in [4.78, 5) is 4.40. The molecule has 1 heterocycles. The third-order valence-corrected chi connectivity index (χ3v) is 2.57. The smallest absolute Gasteiger partial charge is 0.145 e. The van der Waals surface area contributed by atoms with Crippen molar-refractivity contribution < 1.29 is 4.74 Å². The van der Waals surface area contributed by atoms with Crippen LogP contribution in [-0.4, -0.2) is 18.6 Å². The van der Waals surface area contributed by atoms with Crippen molar-refractivity contribution in [3.05, 3.63) is 30.5 Å². The molecular weight excluding hydrogens is 212 g/mol. The molecule has 0 bridgehead atoms. The molecule has 3 nitrogen and oxygen atoms in total. The number of anilines is 1. The third kappa shape index (κ3) is 2.49. The lowest BCUT2D eigenvalue weighted by molar-refractivity contribution is 0.273. The van der Waals surface area contributed by atoms with E-state index in [0.29, 0.717) is 12.5 Å². The van der Waals surface area contributed by atoms with Gasteiger partial charge in [-0.1, -0.05) is 13.8 Å². The van der Waals surface area contributed by atoms with Gasteiger partial charge in [0.05, 0.1) is 6.61 Å². The summed E-state index contributed by atoms with van der Waals surface area (Å²) in [5, 5.41) is 4.26. The molecule has 17 heavy (non-hydrogen) atoms. The minimum Gasteiger partial charge on any atom is -0.491 e. The van der Waals surface area contributed by atoms with Crippen molar-refractivity contribution in [3.8, 4) is 5.75 Å². The molecule has 3 heteroatoms. The lowest BCUT2D eigenvalue weighted by Crippen LogP contribution is -2.05. The number of rotatable bonds is 4. The molecule has 2 rings (SSSR count). The fourth-order valence-electron chi connectivity index (χ4n) is 1.74. The molecule has 0 aliphatic heterocycles. The van der Waals surface area contributed by atoms with Crippen molar-refractivity contribution in [1.82, 2.24) is 4.98 Å². The molecule has 0 amide bonds. The Balaban J connectivity index is 2.43. The second-order valence-electron chi connectivity index (χ2n) is 4.47. The first-order valence-corrected chi connectivity index (χ1v) is 5.90. The van der Waals surface area contributed by atoms with Gasteiger partial charge in [0, 0.05) is 24.3 Å². The Kier molecular flexibility index (Phi) is 3.47. The maximum Gasteiger partial charge on any atom is 0.145 e. The van der Waals surface area contributed by atoms with Crippen LogP contribution in [-0.2, 0) is 0 Å².